The Balaban J connectivity index is 1.40. The van der Waals surface area contributed by atoms with Gasteiger partial charge in [-0.3, -0.25) is 0 Å². The van der Waals surface area contributed by atoms with E-state index in [0.29, 0.717) is 17.5 Å². The van der Waals surface area contributed by atoms with Crippen molar-refractivity contribution in [3.63, 3.8) is 0 Å². The van der Waals surface area contributed by atoms with Gasteiger partial charge in [-0.25, -0.2) is 15.0 Å². The molecule has 0 N–H and O–H groups in total. The molecule has 0 atom stereocenters. The standard InChI is InChI=1S/C39H25N3/c1-3-11-26(12-4-1)27-19-21-30(22-20-27)38-40-37(29-14-5-2-6-15-29)41-39(42-38)36-33-18-10-8-16-31(33)25-35-32-17-9-7-13-28(32)23-24-34(35)36/h1-25H. The molecule has 3 heteroatoms. The molecule has 8 aromatic rings. The number of fused-ring (bicyclic) bond motifs is 4. The van der Waals surface area contributed by atoms with Gasteiger partial charge in [-0.2, -0.15) is 0 Å². The molecule has 7 aromatic carbocycles. The second kappa shape index (κ2) is 10.1. The van der Waals surface area contributed by atoms with Gasteiger partial charge in [0, 0.05) is 16.7 Å². The summed E-state index contributed by atoms with van der Waals surface area (Å²) in [6.07, 6.45) is 0. The lowest BCUT2D eigenvalue weighted by Gasteiger charge is -2.14. The minimum Gasteiger partial charge on any atom is -0.208 e. The molecule has 8 rings (SSSR count). The third kappa shape index (κ3) is 4.20. The maximum absolute atomic E-state index is 5.16. The Morgan fingerprint density at radius 3 is 1.50 bits per heavy atom. The van der Waals surface area contributed by atoms with Crippen molar-refractivity contribution in [3.05, 3.63) is 152 Å². The minimum atomic E-state index is 0.653. The zero-order valence-electron chi connectivity index (χ0n) is 22.8. The number of hydrogen-bond acceptors (Lipinski definition) is 3. The summed E-state index contributed by atoms with van der Waals surface area (Å²) in [5.74, 6) is 1.98. The summed E-state index contributed by atoms with van der Waals surface area (Å²) < 4.78 is 0. The van der Waals surface area contributed by atoms with Gasteiger partial charge in [0.2, 0.25) is 0 Å². The van der Waals surface area contributed by atoms with Gasteiger partial charge in [0.15, 0.2) is 17.5 Å². The van der Waals surface area contributed by atoms with Crippen molar-refractivity contribution >= 4 is 32.3 Å². The Bertz CT molecular complexity index is 2220. The summed E-state index contributed by atoms with van der Waals surface area (Å²) in [6.45, 7) is 0. The summed E-state index contributed by atoms with van der Waals surface area (Å²) >= 11 is 0. The molecular weight excluding hydrogens is 510 g/mol. The van der Waals surface area contributed by atoms with E-state index in [0.717, 1.165) is 38.4 Å². The molecule has 1 heterocycles. The van der Waals surface area contributed by atoms with Gasteiger partial charge in [0.1, 0.15) is 0 Å². The number of rotatable bonds is 4. The predicted molar refractivity (Wildman–Crippen MR) is 174 cm³/mol. The summed E-state index contributed by atoms with van der Waals surface area (Å²) in [7, 11) is 0. The van der Waals surface area contributed by atoms with E-state index in [1.54, 1.807) is 0 Å². The average Bonchev–Trinajstić information content (AvgIpc) is 3.08. The van der Waals surface area contributed by atoms with Crippen molar-refractivity contribution in [2.45, 2.75) is 0 Å². The lowest BCUT2D eigenvalue weighted by atomic mass is 9.93. The van der Waals surface area contributed by atoms with E-state index in [9.17, 15) is 0 Å². The molecule has 0 fully saturated rings. The highest BCUT2D eigenvalue weighted by Crippen LogP contribution is 2.39. The first-order valence-corrected chi connectivity index (χ1v) is 14.1. The fraction of sp³-hybridized carbons (Fsp3) is 0. The van der Waals surface area contributed by atoms with E-state index in [1.807, 2.05) is 24.3 Å². The minimum absolute atomic E-state index is 0.653. The van der Waals surface area contributed by atoms with Gasteiger partial charge in [-0.15, -0.1) is 0 Å². The van der Waals surface area contributed by atoms with Crippen molar-refractivity contribution in [2.24, 2.45) is 0 Å². The molecular formula is C39H25N3. The molecule has 0 amide bonds. The fourth-order valence-electron chi connectivity index (χ4n) is 5.84. The van der Waals surface area contributed by atoms with Gasteiger partial charge >= 0.3 is 0 Å². The van der Waals surface area contributed by atoms with Gasteiger partial charge in [0.05, 0.1) is 0 Å². The van der Waals surface area contributed by atoms with Crippen LogP contribution in [-0.2, 0) is 0 Å². The number of aromatic nitrogens is 3. The van der Waals surface area contributed by atoms with E-state index in [2.05, 4.69) is 127 Å². The smallest absolute Gasteiger partial charge is 0.165 e. The highest BCUT2D eigenvalue weighted by molar-refractivity contribution is 6.19. The molecule has 0 aliphatic rings. The molecule has 0 unspecified atom stereocenters. The highest BCUT2D eigenvalue weighted by Gasteiger charge is 2.18. The summed E-state index contributed by atoms with van der Waals surface area (Å²) in [5.41, 5.74) is 5.27. The third-order valence-corrected chi connectivity index (χ3v) is 7.91. The molecule has 0 bridgehead atoms. The van der Waals surface area contributed by atoms with Crippen LogP contribution in [0.5, 0.6) is 0 Å². The van der Waals surface area contributed by atoms with Crippen LogP contribution in [-0.4, -0.2) is 15.0 Å². The molecule has 3 nitrogen and oxygen atoms in total. The van der Waals surface area contributed by atoms with Crippen LogP contribution in [0.15, 0.2) is 152 Å². The Labute approximate surface area is 243 Å². The molecule has 0 aliphatic heterocycles. The highest BCUT2D eigenvalue weighted by atomic mass is 15.0. The Morgan fingerprint density at radius 1 is 0.286 bits per heavy atom. The maximum atomic E-state index is 5.16. The van der Waals surface area contributed by atoms with E-state index in [1.165, 1.54) is 21.7 Å². The SMILES string of the molecule is c1ccc(-c2ccc(-c3nc(-c4ccccc4)nc(-c4c5ccccc5cc5c4ccc4ccccc45)n3)cc2)cc1. The topological polar surface area (TPSA) is 38.7 Å². The Morgan fingerprint density at radius 2 is 0.786 bits per heavy atom. The van der Waals surface area contributed by atoms with Gasteiger partial charge < -0.3 is 0 Å². The second-order valence-corrected chi connectivity index (χ2v) is 10.5. The van der Waals surface area contributed by atoms with E-state index >= 15 is 0 Å². The van der Waals surface area contributed by atoms with Gasteiger partial charge in [-0.05, 0) is 49.5 Å². The van der Waals surface area contributed by atoms with Crippen LogP contribution >= 0.6 is 0 Å². The van der Waals surface area contributed by atoms with Crippen LogP contribution < -0.4 is 0 Å². The maximum Gasteiger partial charge on any atom is 0.165 e. The normalized spacial score (nSPS) is 11.3. The van der Waals surface area contributed by atoms with Crippen molar-refractivity contribution < 1.29 is 0 Å². The van der Waals surface area contributed by atoms with Gasteiger partial charge in [-0.1, -0.05) is 146 Å². The molecule has 196 valence electrons. The Kier molecular flexibility index (Phi) is 5.79. The van der Waals surface area contributed by atoms with Crippen molar-refractivity contribution in [1.29, 1.82) is 0 Å². The molecule has 0 aliphatic carbocycles. The zero-order valence-corrected chi connectivity index (χ0v) is 22.8. The van der Waals surface area contributed by atoms with Crippen LogP contribution in [0.2, 0.25) is 0 Å². The molecule has 0 radical (unpaired) electrons. The molecule has 42 heavy (non-hydrogen) atoms. The van der Waals surface area contributed by atoms with E-state index in [-0.39, 0.29) is 0 Å². The first-order chi connectivity index (χ1) is 20.8. The van der Waals surface area contributed by atoms with Gasteiger partial charge in [0.25, 0.3) is 0 Å². The Hall–Kier alpha value is -5.67. The second-order valence-electron chi connectivity index (χ2n) is 10.5. The van der Waals surface area contributed by atoms with Crippen LogP contribution in [0.3, 0.4) is 0 Å². The van der Waals surface area contributed by atoms with E-state index < -0.39 is 0 Å². The first-order valence-electron chi connectivity index (χ1n) is 14.1. The van der Waals surface area contributed by atoms with Crippen LogP contribution in [0.4, 0.5) is 0 Å². The molecule has 0 saturated carbocycles. The number of hydrogen-bond donors (Lipinski definition) is 0. The number of nitrogens with zero attached hydrogens (tertiary/aromatic N) is 3. The monoisotopic (exact) mass is 535 g/mol. The largest absolute Gasteiger partial charge is 0.208 e. The number of benzene rings is 7. The molecule has 0 spiro atoms. The van der Waals surface area contributed by atoms with Crippen LogP contribution in [0, 0.1) is 0 Å². The first kappa shape index (κ1) is 24.2. The lowest BCUT2D eigenvalue weighted by Crippen LogP contribution is -2.01. The van der Waals surface area contributed by atoms with E-state index in [4.69, 9.17) is 15.0 Å². The van der Waals surface area contributed by atoms with Crippen molar-refractivity contribution in [1.82, 2.24) is 15.0 Å². The molecule has 0 saturated heterocycles. The van der Waals surface area contributed by atoms with Crippen molar-refractivity contribution in [3.8, 4) is 45.3 Å². The summed E-state index contributed by atoms with van der Waals surface area (Å²) in [6, 6.07) is 52.8. The zero-order chi connectivity index (χ0) is 27.9. The molecule has 1 aromatic heterocycles. The average molecular weight is 536 g/mol. The lowest BCUT2D eigenvalue weighted by molar-refractivity contribution is 1.08. The quantitative estimate of drug-likeness (QED) is 0.166. The fourth-order valence-corrected chi connectivity index (χ4v) is 5.84. The predicted octanol–water partition coefficient (Wildman–Crippen LogP) is 10.00. The summed E-state index contributed by atoms with van der Waals surface area (Å²) in [5, 5.41) is 7.03. The van der Waals surface area contributed by atoms with Crippen molar-refractivity contribution in [2.75, 3.05) is 0 Å². The van der Waals surface area contributed by atoms with Crippen LogP contribution in [0.25, 0.3) is 77.6 Å². The third-order valence-electron chi connectivity index (χ3n) is 7.91. The summed E-state index contributed by atoms with van der Waals surface area (Å²) in [4.78, 5) is 15.3. The van der Waals surface area contributed by atoms with Crippen LogP contribution in [0.1, 0.15) is 0 Å².